The zero-order chi connectivity index (χ0) is 23.4. The van der Waals surface area contributed by atoms with Gasteiger partial charge in [-0.3, -0.25) is 15.0 Å². The third-order valence-corrected chi connectivity index (χ3v) is 5.29. The Balaban J connectivity index is 1.61. The third-order valence-electron chi connectivity index (χ3n) is 5.01. The predicted octanol–water partition coefficient (Wildman–Crippen LogP) is 5.09. The first kappa shape index (κ1) is 22.4. The van der Waals surface area contributed by atoms with Crippen LogP contribution in [0.1, 0.15) is 23.6 Å². The molecule has 7 heteroatoms. The van der Waals surface area contributed by atoms with Crippen molar-refractivity contribution >= 4 is 35.2 Å². The fraction of sp³-hybridized carbons (Fsp3) is 0.154. The van der Waals surface area contributed by atoms with Gasteiger partial charge in [0.05, 0.1) is 17.3 Å². The molecule has 4 rings (SSSR count). The van der Waals surface area contributed by atoms with Crippen molar-refractivity contribution in [3.8, 4) is 11.5 Å². The lowest BCUT2D eigenvalue weighted by Crippen LogP contribution is -2.35. The molecule has 1 heterocycles. The van der Waals surface area contributed by atoms with Crippen LogP contribution in [0, 0.1) is 6.92 Å². The Labute approximate surface area is 197 Å². The molecule has 1 fully saturated rings. The van der Waals surface area contributed by atoms with Gasteiger partial charge in [-0.15, -0.1) is 0 Å². The van der Waals surface area contributed by atoms with Crippen molar-refractivity contribution in [2.24, 2.45) is 0 Å². The number of halogens is 1. The van der Waals surface area contributed by atoms with Crippen molar-refractivity contribution in [2.45, 2.75) is 20.5 Å². The minimum Gasteiger partial charge on any atom is -0.490 e. The molecule has 3 aromatic carbocycles. The van der Waals surface area contributed by atoms with Gasteiger partial charge in [-0.25, -0.2) is 5.01 Å². The van der Waals surface area contributed by atoms with Crippen LogP contribution in [-0.2, 0) is 16.2 Å². The normalized spacial score (nSPS) is 14.5. The molecule has 6 nitrogen and oxygen atoms in total. The highest BCUT2D eigenvalue weighted by Gasteiger charge is 2.34. The smallest absolute Gasteiger partial charge is 0.282 e. The van der Waals surface area contributed by atoms with E-state index in [2.05, 4.69) is 5.43 Å². The first-order valence-electron chi connectivity index (χ1n) is 10.5. The number of aryl methyl sites for hydroxylation is 1. The van der Waals surface area contributed by atoms with E-state index in [4.69, 9.17) is 21.1 Å². The van der Waals surface area contributed by atoms with Gasteiger partial charge in [-0.1, -0.05) is 59.6 Å². The topological polar surface area (TPSA) is 67.9 Å². The summed E-state index contributed by atoms with van der Waals surface area (Å²) in [4.78, 5) is 25.3. The first-order valence-corrected chi connectivity index (χ1v) is 10.9. The summed E-state index contributed by atoms with van der Waals surface area (Å²) in [5, 5.41) is 1.55. The van der Waals surface area contributed by atoms with Gasteiger partial charge in [0.25, 0.3) is 11.8 Å². The summed E-state index contributed by atoms with van der Waals surface area (Å²) >= 11 is 6.52. The Bertz CT molecular complexity index is 1220. The molecule has 2 amide bonds. The average Bonchev–Trinajstić information content (AvgIpc) is 3.08. The van der Waals surface area contributed by atoms with Crippen LogP contribution < -0.4 is 19.9 Å². The molecule has 1 aliphatic heterocycles. The standard InChI is InChI=1S/C26H23ClN2O4/c1-3-32-23-15-19(14-22(27)24(23)33-16-18-9-7-8-17(2)12-18)13-21-25(30)28-29(26(21)31)20-10-5-4-6-11-20/h4-15H,3,16H2,1-2H3,(H,28,30). The molecule has 33 heavy (non-hydrogen) atoms. The highest BCUT2D eigenvalue weighted by molar-refractivity contribution is 6.33. The minimum absolute atomic E-state index is 0.00537. The number of carbonyl (C=O) groups excluding carboxylic acids is 2. The molecule has 0 aliphatic carbocycles. The number of ether oxygens (including phenoxy) is 2. The van der Waals surface area contributed by atoms with Crippen LogP contribution in [0.2, 0.25) is 5.02 Å². The first-order chi connectivity index (χ1) is 16.0. The van der Waals surface area contributed by atoms with Gasteiger partial charge in [0.1, 0.15) is 12.2 Å². The number of nitrogens with one attached hydrogen (secondary N) is 1. The molecular formula is C26H23ClN2O4. The fourth-order valence-corrected chi connectivity index (χ4v) is 3.79. The molecule has 0 aromatic heterocycles. The van der Waals surface area contributed by atoms with Gasteiger partial charge in [0.15, 0.2) is 11.5 Å². The van der Waals surface area contributed by atoms with Crippen molar-refractivity contribution in [3.63, 3.8) is 0 Å². The van der Waals surface area contributed by atoms with E-state index in [-0.39, 0.29) is 5.57 Å². The van der Waals surface area contributed by atoms with E-state index >= 15 is 0 Å². The largest absolute Gasteiger partial charge is 0.490 e. The summed E-state index contributed by atoms with van der Waals surface area (Å²) in [7, 11) is 0. The molecule has 0 bridgehead atoms. The van der Waals surface area contributed by atoms with Crippen LogP contribution in [-0.4, -0.2) is 18.4 Å². The van der Waals surface area contributed by atoms with Gasteiger partial charge < -0.3 is 9.47 Å². The van der Waals surface area contributed by atoms with Crippen molar-refractivity contribution in [1.29, 1.82) is 0 Å². The second-order valence-electron chi connectivity index (χ2n) is 7.52. The molecule has 1 saturated heterocycles. The number of benzene rings is 3. The van der Waals surface area contributed by atoms with Crippen molar-refractivity contribution in [1.82, 2.24) is 5.43 Å². The molecule has 1 N–H and O–H groups in total. The third kappa shape index (κ3) is 5.02. The maximum Gasteiger partial charge on any atom is 0.282 e. The quantitative estimate of drug-likeness (QED) is 0.392. The zero-order valence-corrected chi connectivity index (χ0v) is 19.1. The summed E-state index contributed by atoms with van der Waals surface area (Å²) in [6.45, 7) is 4.60. The van der Waals surface area contributed by atoms with Crippen LogP contribution >= 0.6 is 11.6 Å². The Hall–Kier alpha value is -3.77. The van der Waals surface area contributed by atoms with E-state index in [0.29, 0.717) is 41.0 Å². The molecule has 0 unspecified atom stereocenters. The van der Waals surface area contributed by atoms with Crippen LogP contribution in [0.3, 0.4) is 0 Å². The van der Waals surface area contributed by atoms with E-state index < -0.39 is 11.8 Å². The molecule has 0 radical (unpaired) electrons. The molecule has 0 atom stereocenters. The molecule has 0 spiro atoms. The number of amides is 2. The number of rotatable bonds is 7. The maximum atomic E-state index is 12.9. The monoisotopic (exact) mass is 462 g/mol. The number of nitrogens with zero attached hydrogens (tertiary/aromatic N) is 1. The predicted molar refractivity (Wildman–Crippen MR) is 128 cm³/mol. The maximum absolute atomic E-state index is 12.9. The summed E-state index contributed by atoms with van der Waals surface area (Å²) in [6, 6.07) is 20.3. The van der Waals surface area contributed by atoms with Crippen molar-refractivity contribution in [3.05, 3.63) is 94.0 Å². The summed E-state index contributed by atoms with van der Waals surface area (Å²) in [5.74, 6) is -0.0803. The van der Waals surface area contributed by atoms with Gasteiger partial charge >= 0.3 is 0 Å². The van der Waals surface area contributed by atoms with E-state index in [0.717, 1.165) is 11.1 Å². The summed E-state index contributed by atoms with van der Waals surface area (Å²) in [6.07, 6.45) is 1.50. The number of carbonyl (C=O) groups is 2. The molecule has 0 saturated carbocycles. The van der Waals surface area contributed by atoms with Crippen LogP contribution in [0.25, 0.3) is 6.08 Å². The van der Waals surface area contributed by atoms with Crippen LogP contribution in [0.15, 0.2) is 72.3 Å². The lowest BCUT2D eigenvalue weighted by Gasteiger charge is -2.15. The number of para-hydroxylation sites is 1. The fourth-order valence-electron chi connectivity index (χ4n) is 3.51. The minimum atomic E-state index is -0.488. The average molecular weight is 463 g/mol. The highest BCUT2D eigenvalue weighted by Crippen LogP contribution is 2.38. The second-order valence-corrected chi connectivity index (χ2v) is 7.92. The number of anilines is 1. The van der Waals surface area contributed by atoms with Gasteiger partial charge in [-0.2, -0.15) is 0 Å². The van der Waals surface area contributed by atoms with Gasteiger partial charge in [-0.05, 0) is 55.3 Å². The highest BCUT2D eigenvalue weighted by atomic mass is 35.5. The van der Waals surface area contributed by atoms with E-state index in [1.807, 2.05) is 44.2 Å². The second kappa shape index (κ2) is 9.79. The number of hydrazine groups is 1. The SMILES string of the molecule is CCOc1cc(C=C2C(=O)NN(c3ccccc3)C2=O)cc(Cl)c1OCc1cccc(C)c1. The van der Waals surface area contributed by atoms with Crippen LogP contribution in [0.5, 0.6) is 11.5 Å². The molecule has 1 aliphatic rings. The number of hydrogen-bond donors (Lipinski definition) is 1. The summed E-state index contributed by atoms with van der Waals surface area (Å²) in [5.41, 5.74) is 5.87. The Morgan fingerprint density at radius 3 is 2.52 bits per heavy atom. The molecular weight excluding hydrogens is 440 g/mol. The van der Waals surface area contributed by atoms with Gasteiger partial charge in [0.2, 0.25) is 0 Å². The van der Waals surface area contributed by atoms with Crippen LogP contribution in [0.4, 0.5) is 5.69 Å². The van der Waals surface area contributed by atoms with Crippen molar-refractivity contribution < 1.29 is 19.1 Å². The van der Waals surface area contributed by atoms with Crippen molar-refractivity contribution in [2.75, 3.05) is 11.6 Å². The van der Waals surface area contributed by atoms with E-state index in [1.54, 1.807) is 36.4 Å². The van der Waals surface area contributed by atoms with E-state index in [1.165, 1.54) is 11.1 Å². The molecule has 3 aromatic rings. The Morgan fingerprint density at radius 2 is 1.79 bits per heavy atom. The zero-order valence-electron chi connectivity index (χ0n) is 18.3. The Kier molecular flexibility index (Phi) is 6.66. The van der Waals surface area contributed by atoms with E-state index in [9.17, 15) is 9.59 Å². The summed E-state index contributed by atoms with van der Waals surface area (Å²) < 4.78 is 11.7. The lowest BCUT2D eigenvalue weighted by atomic mass is 10.1. The molecule has 168 valence electrons. The number of hydrogen-bond acceptors (Lipinski definition) is 4. The van der Waals surface area contributed by atoms with Gasteiger partial charge in [0, 0.05) is 0 Å². The lowest BCUT2D eigenvalue weighted by molar-refractivity contribution is -0.117. The Morgan fingerprint density at radius 1 is 1.00 bits per heavy atom.